The van der Waals surface area contributed by atoms with Crippen molar-refractivity contribution in [3.8, 4) is 0 Å². The van der Waals surface area contributed by atoms with Gasteiger partial charge in [-0.3, -0.25) is 9.59 Å². The van der Waals surface area contributed by atoms with Gasteiger partial charge in [-0.05, 0) is 39.0 Å². The van der Waals surface area contributed by atoms with E-state index in [0.717, 1.165) is 19.3 Å². The van der Waals surface area contributed by atoms with Crippen molar-refractivity contribution in [2.45, 2.75) is 96.9 Å². The fourth-order valence-corrected chi connectivity index (χ4v) is 3.96. The number of aliphatic hydroxyl groups is 2. The summed E-state index contributed by atoms with van der Waals surface area (Å²) >= 11 is 0. The van der Waals surface area contributed by atoms with Crippen LogP contribution in [0.15, 0.2) is 24.3 Å². The number of allylic oxidation sites excluding steroid dienone is 2. The van der Waals surface area contributed by atoms with Crippen LogP contribution in [0.5, 0.6) is 0 Å². The molecule has 0 saturated heterocycles. The van der Waals surface area contributed by atoms with Gasteiger partial charge in [0, 0.05) is 31.6 Å². The lowest BCUT2D eigenvalue weighted by Gasteiger charge is -2.22. The Kier molecular flexibility index (Phi) is 13.4. The first-order valence-corrected chi connectivity index (χ1v) is 11.4. The van der Waals surface area contributed by atoms with Crippen LogP contribution in [0.25, 0.3) is 0 Å². The third-order valence-electron chi connectivity index (χ3n) is 5.50. The lowest BCUT2D eigenvalue weighted by molar-refractivity contribution is -0.148. The summed E-state index contributed by atoms with van der Waals surface area (Å²) in [7, 11) is 0. The molecule has 172 valence electrons. The van der Waals surface area contributed by atoms with Crippen LogP contribution in [0, 0.1) is 11.8 Å². The normalized spacial score (nSPS) is 25.1. The van der Waals surface area contributed by atoms with Gasteiger partial charge in [-0.25, -0.2) is 0 Å². The maximum atomic E-state index is 11.5. The van der Waals surface area contributed by atoms with Gasteiger partial charge >= 0.3 is 11.9 Å². The smallest absolute Gasteiger partial charge is 0.305 e. The van der Waals surface area contributed by atoms with E-state index >= 15 is 0 Å². The van der Waals surface area contributed by atoms with Gasteiger partial charge in [0.15, 0.2) is 0 Å². The molecule has 5 atom stereocenters. The second kappa shape index (κ2) is 15.2. The molecule has 0 heterocycles. The zero-order chi connectivity index (χ0) is 22.4. The standard InChI is InChI=1S/C24H40O6/c1-4-6-7-8-9-10-13-21-20(22(27)17-23(21)30-18(3)25)16-15-19(26)12-11-14-24(28)29-5-2/h9-10,15-16,19-23,26-27H,4-8,11-14,17H2,1-3H3/b10-9-,16-15+/t19-,20+,21-,22+,23-/m1/s1. The largest absolute Gasteiger partial charge is 0.466 e. The molecule has 0 radical (unpaired) electrons. The Hall–Kier alpha value is -1.66. The highest BCUT2D eigenvalue weighted by molar-refractivity contribution is 5.69. The van der Waals surface area contributed by atoms with Gasteiger partial charge in [0.2, 0.25) is 0 Å². The summed E-state index contributed by atoms with van der Waals surface area (Å²) < 4.78 is 10.3. The van der Waals surface area contributed by atoms with Gasteiger partial charge in [-0.1, -0.05) is 44.1 Å². The maximum Gasteiger partial charge on any atom is 0.305 e. The summed E-state index contributed by atoms with van der Waals surface area (Å²) in [5.41, 5.74) is 0. The number of ether oxygens (including phenoxy) is 2. The molecule has 2 N–H and O–H groups in total. The molecule has 1 saturated carbocycles. The van der Waals surface area contributed by atoms with E-state index in [1.807, 2.05) is 6.08 Å². The Morgan fingerprint density at radius 1 is 1.17 bits per heavy atom. The molecule has 0 aliphatic heterocycles. The summed E-state index contributed by atoms with van der Waals surface area (Å²) in [5, 5.41) is 20.7. The summed E-state index contributed by atoms with van der Waals surface area (Å²) in [4.78, 5) is 22.9. The number of hydrogen-bond acceptors (Lipinski definition) is 6. The summed E-state index contributed by atoms with van der Waals surface area (Å²) in [6, 6.07) is 0. The van der Waals surface area contributed by atoms with Crippen molar-refractivity contribution in [3.05, 3.63) is 24.3 Å². The van der Waals surface area contributed by atoms with Crippen molar-refractivity contribution in [3.63, 3.8) is 0 Å². The molecule has 0 unspecified atom stereocenters. The van der Waals surface area contributed by atoms with Crippen LogP contribution >= 0.6 is 0 Å². The van der Waals surface area contributed by atoms with Gasteiger partial charge in [0.05, 0.1) is 18.8 Å². The fourth-order valence-electron chi connectivity index (χ4n) is 3.96. The number of rotatable bonds is 14. The second-order valence-electron chi connectivity index (χ2n) is 8.04. The zero-order valence-corrected chi connectivity index (χ0v) is 18.8. The summed E-state index contributed by atoms with van der Waals surface area (Å²) in [6.45, 7) is 5.69. The van der Waals surface area contributed by atoms with Crippen molar-refractivity contribution >= 4 is 11.9 Å². The molecule has 0 aromatic heterocycles. The van der Waals surface area contributed by atoms with Crippen LogP contribution < -0.4 is 0 Å². The molecule has 0 spiro atoms. The van der Waals surface area contributed by atoms with Gasteiger partial charge < -0.3 is 19.7 Å². The van der Waals surface area contributed by atoms with Gasteiger partial charge in [0.25, 0.3) is 0 Å². The molecule has 1 fully saturated rings. The van der Waals surface area contributed by atoms with Crippen LogP contribution in [0.1, 0.15) is 78.6 Å². The molecule has 1 rings (SSSR count). The minimum atomic E-state index is -0.690. The van der Waals surface area contributed by atoms with E-state index in [-0.39, 0.29) is 36.3 Å². The van der Waals surface area contributed by atoms with E-state index < -0.39 is 12.2 Å². The monoisotopic (exact) mass is 424 g/mol. The Morgan fingerprint density at radius 3 is 2.60 bits per heavy atom. The number of esters is 2. The molecule has 6 heteroatoms. The van der Waals surface area contributed by atoms with E-state index in [9.17, 15) is 19.8 Å². The molecule has 1 aliphatic carbocycles. The average molecular weight is 425 g/mol. The zero-order valence-electron chi connectivity index (χ0n) is 18.8. The molecule has 0 amide bonds. The van der Waals surface area contributed by atoms with E-state index in [1.54, 1.807) is 13.0 Å². The average Bonchev–Trinajstić information content (AvgIpc) is 2.96. The molecule has 0 aromatic rings. The molecule has 6 nitrogen and oxygen atoms in total. The third kappa shape index (κ3) is 10.4. The number of carbonyl (C=O) groups is 2. The van der Waals surface area contributed by atoms with Gasteiger partial charge in [-0.15, -0.1) is 0 Å². The first kappa shape index (κ1) is 26.4. The Morgan fingerprint density at radius 2 is 1.93 bits per heavy atom. The van der Waals surface area contributed by atoms with E-state index in [1.165, 1.54) is 19.8 Å². The van der Waals surface area contributed by atoms with Crippen LogP contribution in [0.3, 0.4) is 0 Å². The minimum Gasteiger partial charge on any atom is -0.466 e. The molecular weight excluding hydrogens is 384 g/mol. The number of aliphatic hydroxyl groups excluding tert-OH is 2. The predicted octanol–water partition coefficient (Wildman–Crippen LogP) is 4.09. The van der Waals surface area contributed by atoms with Gasteiger partial charge in [-0.2, -0.15) is 0 Å². The van der Waals surface area contributed by atoms with E-state index in [2.05, 4.69) is 19.1 Å². The van der Waals surface area contributed by atoms with Crippen molar-refractivity contribution < 1.29 is 29.3 Å². The second-order valence-corrected chi connectivity index (χ2v) is 8.04. The SMILES string of the molecule is CCCCC/C=C\C[C@@H]1[C@H](/C=C/[C@H](O)CCCC(=O)OCC)[C@@H](O)C[C@H]1OC(C)=O. The third-order valence-corrected chi connectivity index (χ3v) is 5.50. The Bertz CT molecular complexity index is 556. The first-order chi connectivity index (χ1) is 14.4. The molecule has 30 heavy (non-hydrogen) atoms. The topological polar surface area (TPSA) is 93.1 Å². The van der Waals surface area contributed by atoms with Crippen LogP contribution in [0.2, 0.25) is 0 Å². The van der Waals surface area contributed by atoms with Crippen molar-refractivity contribution in [2.75, 3.05) is 6.61 Å². The van der Waals surface area contributed by atoms with Gasteiger partial charge in [0.1, 0.15) is 6.10 Å². The van der Waals surface area contributed by atoms with Crippen molar-refractivity contribution in [1.29, 1.82) is 0 Å². The van der Waals surface area contributed by atoms with Crippen LogP contribution in [-0.2, 0) is 19.1 Å². The summed E-state index contributed by atoms with van der Waals surface area (Å²) in [5.74, 6) is -0.800. The molecule has 0 bridgehead atoms. The summed E-state index contributed by atoms with van der Waals surface area (Å²) in [6.07, 6.45) is 13.2. The predicted molar refractivity (Wildman–Crippen MR) is 117 cm³/mol. The Labute approximate surface area is 181 Å². The highest BCUT2D eigenvalue weighted by Crippen LogP contribution is 2.38. The molecular formula is C24H40O6. The van der Waals surface area contributed by atoms with Crippen molar-refractivity contribution in [2.24, 2.45) is 11.8 Å². The highest BCUT2D eigenvalue weighted by atomic mass is 16.5. The van der Waals surface area contributed by atoms with Crippen LogP contribution in [-0.4, -0.2) is 47.1 Å². The highest BCUT2D eigenvalue weighted by Gasteiger charge is 2.42. The van der Waals surface area contributed by atoms with E-state index in [0.29, 0.717) is 25.9 Å². The molecule has 0 aromatic carbocycles. The lowest BCUT2D eigenvalue weighted by Crippen LogP contribution is -2.24. The maximum absolute atomic E-state index is 11.5. The van der Waals surface area contributed by atoms with E-state index in [4.69, 9.17) is 9.47 Å². The lowest BCUT2D eigenvalue weighted by atomic mass is 9.89. The quantitative estimate of drug-likeness (QED) is 0.248. The minimum absolute atomic E-state index is 0.0192. The van der Waals surface area contributed by atoms with Crippen LogP contribution in [0.4, 0.5) is 0 Å². The number of unbranched alkanes of at least 4 members (excludes halogenated alkanes) is 3. The number of carbonyl (C=O) groups excluding carboxylic acids is 2. The first-order valence-electron chi connectivity index (χ1n) is 11.4. The molecule has 1 aliphatic rings. The van der Waals surface area contributed by atoms with Crippen molar-refractivity contribution in [1.82, 2.24) is 0 Å². The Balaban J connectivity index is 2.63. The number of hydrogen-bond donors (Lipinski definition) is 2. The fraction of sp³-hybridized carbons (Fsp3) is 0.750.